The third-order valence-electron chi connectivity index (χ3n) is 0.331. The lowest BCUT2D eigenvalue weighted by Crippen LogP contribution is -1.64. The van der Waals surface area contributed by atoms with Crippen LogP contribution < -0.4 is 0 Å². The molecule has 0 saturated heterocycles. The van der Waals surface area contributed by atoms with Crippen LogP contribution in [0, 0.1) is 12.3 Å². The summed E-state index contributed by atoms with van der Waals surface area (Å²) >= 11 is 0. The quantitative estimate of drug-likeness (QED) is 0.254. The summed E-state index contributed by atoms with van der Waals surface area (Å²) in [5.74, 6) is 2.22. The maximum absolute atomic E-state index is 4.81. The van der Waals surface area contributed by atoms with E-state index < -0.39 is 0 Å². The van der Waals surface area contributed by atoms with Gasteiger partial charge in [0, 0.05) is 7.05 Å². The summed E-state index contributed by atoms with van der Waals surface area (Å²) < 4.78 is 0. The van der Waals surface area contributed by atoms with Crippen LogP contribution in [0.2, 0.25) is 0 Å². The van der Waals surface area contributed by atoms with Crippen LogP contribution in [0.1, 0.15) is 0 Å². The maximum atomic E-state index is 4.81. The van der Waals surface area contributed by atoms with Crippen LogP contribution in [0.4, 0.5) is 0 Å². The van der Waals surface area contributed by atoms with E-state index in [9.17, 15) is 0 Å². The van der Waals surface area contributed by atoms with E-state index in [0.717, 1.165) is 0 Å². The van der Waals surface area contributed by atoms with Crippen molar-refractivity contribution in [3.63, 3.8) is 0 Å². The van der Waals surface area contributed by atoms with Crippen molar-refractivity contribution in [3.05, 3.63) is 0 Å². The fourth-order valence-electron chi connectivity index (χ4n) is 0.143. The highest BCUT2D eigenvalue weighted by Crippen LogP contribution is 1.53. The van der Waals surface area contributed by atoms with Gasteiger partial charge in [-0.2, -0.15) is 0 Å². The predicted octanol–water partition coefficient (Wildman–Crippen LogP) is 0.349. The predicted molar refractivity (Wildman–Crippen MR) is 31.7 cm³/mol. The van der Waals surface area contributed by atoms with Gasteiger partial charge in [0.15, 0.2) is 0 Å². The van der Waals surface area contributed by atoms with E-state index in [0.29, 0.717) is 0 Å². The molecule has 0 N–H and O–H groups in total. The normalized spacial score (nSPS) is 10.3. The van der Waals surface area contributed by atoms with Gasteiger partial charge < -0.3 is 0 Å². The molecule has 2 nitrogen and oxygen atoms in total. The fraction of sp³-hybridized carbons (Fsp3) is 0.200. The van der Waals surface area contributed by atoms with Crippen LogP contribution in [0.3, 0.4) is 0 Å². The molecule has 36 valence electrons. The number of hydrogen-bond donors (Lipinski definition) is 0. The molecule has 0 unspecified atom stereocenters. The van der Waals surface area contributed by atoms with Crippen molar-refractivity contribution in [1.29, 1.82) is 0 Å². The fourth-order valence-corrected chi connectivity index (χ4v) is 0.143. The molecule has 0 rings (SSSR count). The minimum atomic E-state index is 1.34. The molecule has 0 aromatic carbocycles. The zero-order valence-electron chi connectivity index (χ0n) is 4.13. The highest BCUT2D eigenvalue weighted by molar-refractivity contribution is 5.84. The lowest BCUT2D eigenvalue weighted by atomic mass is 10.8. The molecule has 0 bridgehead atoms. The van der Waals surface area contributed by atoms with E-state index in [-0.39, 0.29) is 0 Å². The molecule has 0 aromatic rings. The van der Waals surface area contributed by atoms with Gasteiger partial charge in [0.05, 0.1) is 6.21 Å². The van der Waals surface area contributed by atoms with Gasteiger partial charge in [-0.3, -0.25) is 4.99 Å². The van der Waals surface area contributed by atoms with Crippen molar-refractivity contribution in [1.82, 2.24) is 0 Å². The molecule has 0 saturated carbocycles. The second-order valence-corrected chi connectivity index (χ2v) is 0.819. The molecular formula is C5H6N2. The van der Waals surface area contributed by atoms with Gasteiger partial charge >= 0.3 is 0 Å². The third kappa shape index (κ3) is 4.90. The monoisotopic (exact) mass is 94.1 g/mol. The first-order valence-electron chi connectivity index (χ1n) is 1.80. The van der Waals surface area contributed by atoms with Crippen molar-refractivity contribution < 1.29 is 0 Å². The molecule has 0 fully saturated rings. The summed E-state index contributed by atoms with van der Waals surface area (Å²) in [6.07, 6.45) is 7.54. The van der Waals surface area contributed by atoms with Crippen LogP contribution in [0.15, 0.2) is 9.98 Å². The Hall–Kier alpha value is -1.10. The average molecular weight is 94.1 g/mol. The second-order valence-electron chi connectivity index (χ2n) is 0.819. The first kappa shape index (κ1) is 5.90. The Kier molecular flexibility index (Phi) is 4.13. The Morgan fingerprint density at radius 3 is 2.86 bits per heavy atom. The Morgan fingerprint density at radius 1 is 1.71 bits per heavy atom. The van der Waals surface area contributed by atoms with Gasteiger partial charge in [-0.25, -0.2) is 4.99 Å². The molecule has 0 aliphatic rings. The van der Waals surface area contributed by atoms with E-state index in [1.807, 2.05) is 0 Å². The van der Waals surface area contributed by atoms with Crippen molar-refractivity contribution in [3.8, 4) is 12.3 Å². The Bertz CT molecular complexity index is 117. The molecule has 0 amide bonds. The first-order valence-corrected chi connectivity index (χ1v) is 1.80. The topological polar surface area (TPSA) is 24.7 Å². The standard InChI is InChI=1S/C5H6N2/c1-3-4-7-5-6-2/h1,4-5H,2H3. The van der Waals surface area contributed by atoms with Crippen molar-refractivity contribution >= 4 is 12.6 Å². The van der Waals surface area contributed by atoms with E-state index in [1.165, 1.54) is 12.6 Å². The second kappa shape index (κ2) is 4.90. The van der Waals surface area contributed by atoms with Crippen LogP contribution in [0.25, 0.3) is 0 Å². The highest BCUT2D eigenvalue weighted by Gasteiger charge is 1.52. The number of terminal acetylenes is 1. The summed E-state index contributed by atoms with van der Waals surface area (Å²) in [4.78, 5) is 7.11. The SMILES string of the molecule is C#CC=NC=NC. The first-order chi connectivity index (χ1) is 3.41. The van der Waals surface area contributed by atoms with E-state index in [2.05, 4.69) is 15.9 Å². The molecule has 0 aromatic heterocycles. The molecule has 0 radical (unpaired) electrons. The summed E-state index contributed by atoms with van der Waals surface area (Å²) in [7, 11) is 1.63. The molecule has 0 spiro atoms. The Morgan fingerprint density at radius 2 is 2.43 bits per heavy atom. The Labute approximate surface area is 43.0 Å². The lowest BCUT2D eigenvalue weighted by Gasteiger charge is -1.64. The van der Waals surface area contributed by atoms with E-state index >= 15 is 0 Å². The number of rotatable bonds is 1. The van der Waals surface area contributed by atoms with Gasteiger partial charge in [0.1, 0.15) is 6.34 Å². The minimum absolute atomic E-state index is 1.34. The summed E-state index contributed by atoms with van der Waals surface area (Å²) in [5, 5.41) is 0. The molecule has 7 heavy (non-hydrogen) atoms. The van der Waals surface area contributed by atoms with Crippen molar-refractivity contribution in [2.75, 3.05) is 7.05 Å². The van der Waals surface area contributed by atoms with Crippen LogP contribution in [0.5, 0.6) is 0 Å². The third-order valence-corrected chi connectivity index (χ3v) is 0.331. The van der Waals surface area contributed by atoms with Crippen LogP contribution in [-0.4, -0.2) is 19.6 Å². The number of hydrogen-bond acceptors (Lipinski definition) is 1. The number of aliphatic imine (C=N–C) groups is 2. The lowest BCUT2D eigenvalue weighted by molar-refractivity contribution is 1.45. The summed E-state index contributed by atoms with van der Waals surface area (Å²) in [6.45, 7) is 0. The molecule has 0 atom stereocenters. The molecule has 2 heteroatoms. The average Bonchev–Trinajstić information content (AvgIpc) is 1.69. The molecular weight excluding hydrogens is 88.1 g/mol. The maximum Gasteiger partial charge on any atom is 0.110 e. The van der Waals surface area contributed by atoms with Crippen LogP contribution >= 0.6 is 0 Å². The van der Waals surface area contributed by atoms with Crippen LogP contribution in [-0.2, 0) is 0 Å². The van der Waals surface area contributed by atoms with Gasteiger partial charge in [0.25, 0.3) is 0 Å². The zero-order chi connectivity index (χ0) is 5.54. The molecule has 0 heterocycles. The Balaban J connectivity index is 3.33. The summed E-state index contributed by atoms with van der Waals surface area (Å²) in [5.41, 5.74) is 0. The largest absolute Gasteiger partial charge is 0.277 e. The smallest absolute Gasteiger partial charge is 0.110 e. The van der Waals surface area contributed by atoms with Gasteiger partial charge in [-0.1, -0.05) is 5.92 Å². The summed E-state index contributed by atoms with van der Waals surface area (Å²) in [6, 6.07) is 0. The van der Waals surface area contributed by atoms with Gasteiger partial charge in [-0.15, -0.1) is 6.42 Å². The van der Waals surface area contributed by atoms with Crippen molar-refractivity contribution in [2.45, 2.75) is 0 Å². The van der Waals surface area contributed by atoms with Gasteiger partial charge in [-0.05, 0) is 0 Å². The zero-order valence-corrected chi connectivity index (χ0v) is 4.13. The number of nitrogens with zero attached hydrogens (tertiary/aromatic N) is 2. The van der Waals surface area contributed by atoms with E-state index in [4.69, 9.17) is 6.42 Å². The van der Waals surface area contributed by atoms with Crippen molar-refractivity contribution in [2.24, 2.45) is 9.98 Å². The highest BCUT2D eigenvalue weighted by atomic mass is 14.8. The molecule has 0 aliphatic heterocycles. The van der Waals surface area contributed by atoms with Gasteiger partial charge in [0.2, 0.25) is 0 Å². The van der Waals surface area contributed by atoms with E-state index in [1.54, 1.807) is 7.05 Å². The minimum Gasteiger partial charge on any atom is -0.277 e. The molecule has 0 aliphatic carbocycles.